The van der Waals surface area contributed by atoms with Gasteiger partial charge in [-0.25, -0.2) is 0 Å². The lowest BCUT2D eigenvalue weighted by Gasteiger charge is -2.20. The number of nitrogens with zero attached hydrogens (tertiary/aromatic N) is 2. The Morgan fingerprint density at radius 1 is 1.33 bits per heavy atom. The molecule has 0 spiro atoms. The third kappa shape index (κ3) is 2.32. The average molecular weight is 167 g/mol. The Hall–Kier alpha value is -0.860. The fraction of sp³-hybridized carbons (Fsp3) is 0.778. The summed E-state index contributed by atoms with van der Waals surface area (Å²) in [6, 6.07) is 0. The van der Waals surface area contributed by atoms with Crippen molar-refractivity contribution in [3.8, 4) is 0 Å². The molecule has 1 fully saturated rings. The number of hydrogen-bond acceptors (Lipinski definition) is 3. The van der Waals surface area contributed by atoms with E-state index in [0.717, 1.165) is 5.71 Å². The fourth-order valence-electron chi connectivity index (χ4n) is 1.77. The van der Waals surface area contributed by atoms with Gasteiger partial charge in [0.2, 0.25) is 0 Å². The molecule has 68 valence electrons. The van der Waals surface area contributed by atoms with Crippen molar-refractivity contribution in [3.05, 3.63) is 0 Å². The van der Waals surface area contributed by atoms with Gasteiger partial charge in [0.25, 0.3) is 0 Å². The van der Waals surface area contributed by atoms with Crippen LogP contribution in [0.5, 0.6) is 0 Å². The standard InChI is InChI=1S/C9H17N3/c1-11-7-9(12-10)8-5-3-2-4-6-8/h7-8H,2-6,10H2,1H3/b11-7?,12-9+. The topological polar surface area (TPSA) is 50.7 Å². The highest BCUT2D eigenvalue weighted by Crippen LogP contribution is 2.24. The largest absolute Gasteiger partial charge is 0.323 e. The molecule has 0 heterocycles. The second kappa shape index (κ2) is 4.91. The molecular formula is C9H17N3. The third-order valence-corrected chi connectivity index (χ3v) is 2.43. The average Bonchev–Trinajstić information content (AvgIpc) is 2.15. The number of hydrazone groups is 1. The van der Waals surface area contributed by atoms with Gasteiger partial charge in [-0.15, -0.1) is 0 Å². The van der Waals surface area contributed by atoms with Crippen molar-refractivity contribution in [2.75, 3.05) is 7.05 Å². The van der Waals surface area contributed by atoms with Crippen LogP contribution in [0.2, 0.25) is 0 Å². The Kier molecular flexibility index (Phi) is 3.77. The SMILES string of the molecule is CN=C/C(=N\N)C1CCCCC1. The monoisotopic (exact) mass is 167 g/mol. The maximum absolute atomic E-state index is 5.29. The molecule has 0 atom stereocenters. The Bertz CT molecular complexity index is 178. The summed E-state index contributed by atoms with van der Waals surface area (Å²) in [5, 5.41) is 3.77. The molecule has 1 saturated carbocycles. The van der Waals surface area contributed by atoms with Crippen LogP contribution in [0.1, 0.15) is 32.1 Å². The van der Waals surface area contributed by atoms with Crippen LogP contribution in [0.25, 0.3) is 0 Å². The van der Waals surface area contributed by atoms with Gasteiger partial charge >= 0.3 is 0 Å². The van der Waals surface area contributed by atoms with Crippen LogP contribution in [0.3, 0.4) is 0 Å². The summed E-state index contributed by atoms with van der Waals surface area (Å²) >= 11 is 0. The smallest absolute Gasteiger partial charge is 0.0809 e. The molecule has 1 rings (SSSR count). The van der Waals surface area contributed by atoms with Crippen molar-refractivity contribution in [2.24, 2.45) is 21.9 Å². The first kappa shape index (κ1) is 9.23. The van der Waals surface area contributed by atoms with E-state index >= 15 is 0 Å². The molecule has 0 aromatic heterocycles. The predicted molar refractivity (Wildman–Crippen MR) is 52.6 cm³/mol. The van der Waals surface area contributed by atoms with Gasteiger partial charge in [0, 0.05) is 19.2 Å². The Morgan fingerprint density at radius 3 is 2.50 bits per heavy atom. The molecule has 0 aromatic carbocycles. The van der Waals surface area contributed by atoms with Crippen LogP contribution < -0.4 is 5.84 Å². The van der Waals surface area contributed by atoms with Crippen LogP contribution >= 0.6 is 0 Å². The van der Waals surface area contributed by atoms with E-state index in [2.05, 4.69) is 10.1 Å². The lowest BCUT2D eigenvalue weighted by molar-refractivity contribution is 0.441. The zero-order chi connectivity index (χ0) is 8.81. The second-order valence-corrected chi connectivity index (χ2v) is 3.28. The Balaban J connectivity index is 2.52. The minimum atomic E-state index is 0.562. The summed E-state index contributed by atoms with van der Waals surface area (Å²) in [4.78, 5) is 3.95. The molecule has 2 N–H and O–H groups in total. The quantitative estimate of drug-likeness (QED) is 0.379. The normalized spacial score (nSPS) is 21.9. The highest BCUT2D eigenvalue weighted by atomic mass is 15.1. The first-order valence-corrected chi connectivity index (χ1v) is 4.58. The molecule has 12 heavy (non-hydrogen) atoms. The number of nitrogens with two attached hydrogens (primary N) is 1. The van der Waals surface area contributed by atoms with Crippen LogP contribution in [-0.2, 0) is 0 Å². The van der Waals surface area contributed by atoms with E-state index in [1.165, 1.54) is 32.1 Å². The van der Waals surface area contributed by atoms with Crippen molar-refractivity contribution in [2.45, 2.75) is 32.1 Å². The zero-order valence-electron chi connectivity index (χ0n) is 7.66. The molecular weight excluding hydrogens is 150 g/mol. The summed E-state index contributed by atoms with van der Waals surface area (Å²) in [5.74, 6) is 5.85. The Morgan fingerprint density at radius 2 is 2.00 bits per heavy atom. The summed E-state index contributed by atoms with van der Waals surface area (Å²) in [6.45, 7) is 0. The minimum absolute atomic E-state index is 0.562. The maximum atomic E-state index is 5.29. The van der Waals surface area contributed by atoms with E-state index in [0.29, 0.717) is 5.92 Å². The van der Waals surface area contributed by atoms with Crippen molar-refractivity contribution in [3.63, 3.8) is 0 Å². The van der Waals surface area contributed by atoms with Gasteiger partial charge in [-0.1, -0.05) is 19.3 Å². The molecule has 0 aromatic rings. The van der Waals surface area contributed by atoms with Crippen molar-refractivity contribution >= 4 is 11.9 Å². The zero-order valence-corrected chi connectivity index (χ0v) is 7.66. The van der Waals surface area contributed by atoms with Crippen LogP contribution in [0.15, 0.2) is 10.1 Å². The Labute approximate surface area is 73.8 Å². The highest BCUT2D eigenvalue weighted by molar-refractivity contribution is 6.31. The predicted octanol–water partition coefficient (Wildman–Crippen LogP) is 1.58. The van der Waals surface area contributed by atoms with E-state index in [-0.39, 0.29) is 0 Å². The van der Waals surface area contributed by atoms with Gasteiger partial charge < -0.3 is 5.84 Å². The van der Waals surface area contributed by atoms with Gasteiger partial charge in [-0.2, -0.15) is 5.10 Å². The first-order valence-electron chi connectivity index (χ1n) is 4.58. The summed E-state index contributed by atoms with van der Waals surface area (Å²) in [5.41, 5.74) is 0.970. The molecule has 0 saturated heterocycles. The molecule has 0 aliphatic heterocycles. The van der Waals surface area contributed by atoms with Crippen LogP contribution in [0, 0.1) is 5.92 Å². The van der Waals surface area contributed by atoms with E-state index in [4.69, 9.17) is 5.84 Å². The fourth-order valence-corrected chi connectivity index (χ4v) is 1.77. The van der Waals surface area contributed by atoms with Crippen molar-refractivity contribution < 1.29 is 0 Å². The van der Waals surface area contributed by atoms with Crippen LogP contribution in [0.4, 0.5) is 0 Å². The van der Waals surface area contributed by atoms with E-state index in [9.17, 15) is 0 Å². The van der Waals surface area contributed by atoms with Crippen molar-refractivity contribution in [1.82, 2.24) is 0 Å². The van der Waals surface area contributed by atoms with Gasteiger partial charge in [0.05, 0.1) is 5.71 Å². The first-order chi connectivity index (χ1) is 5.88. The molecule has 1 aliphatic rings. The third-order valence-electron chi connectivity index (χ3n) is 2.43. The maximum Gasteiger partial charge on any atom is 0.0809 e. The number of aliphatic imine (C=N–C) groups is 1. The van der Waals surface area contributed by atoms with E-state index in [1.807, 2.05) is 0 Å². The van der Waals surface area contributed by atoms with Crippen LogP contribution in [-0.4, -0.2) is 19.0 Å². The summed E-state index contributed by atoms with van der Waals surface area (Å²) in [7, 11) is 1.76. The molecule has 0 amide bonds. The molecule has 0 radical (unpaired) electrons. The molecule has 3 nitrogen and oxygen atoms in total. The van der Waals surface area contributed by atoms with Crippen molar-refractivity contribution in [1.29, 1.82) is 0 Å². The van der Waals surface area contributed by atoms with Gasteiger partial charge in [-0.3, -0.25) is 4.99 Å². The van der Waals surface area contributed by atoms with Gasteiger partial charge in [0.1, 0.15) is 0 Å². The minimum Gasteiger partial charge on any atom is -0.323 e. The number of rotatable bonds is 2. The molecule has 0 bridgehead atoms. The number of hydrogen-bond donors (Lipinski definition) is 1. The lowest BCUT2D eigenvalue weighted by atomic mass is 9.86. The lowest BCUT2D eigenvalue weighted by Crippen LogP contribution is -2.20. The van der Waals surface area contributed by atoms with E-state index < -0.39 is 0 Å². The highest BCUT2D eigenvalue weighted by Gasteiger charge is 2.17. The summed E-state index contributed by atoms with van der Waals surface area (Å²) < 4.78 is 0. The van der Waals surface area contributed by atoms with Gasteiger partial charge in [-0.05, 0) is 12.8 Å². The van der Waals surface area contributed by atoms with E-state index in [1.54, 1.807) is 13.3 Å². The molecule has 3 heteroatoms. The molecule has 0 unspecified atom stereocenters. The second-order valence-electron chi connectivity index (χ2n) is 3.28. The summed E-state index contributed by atoms with van der Waals surface area (Å²) in [6.07, 6.45) is 8.21. The van der Waals surface area contributed by atoms with Gasteiger partial charge in [0.15, 0.2) is 0 Å². The molecule has 1 aliphatic carbocycles.